The molecular formula is C15H14F2N2O3. The van der Waals surface area contributed by atoms with Crippen molar-refractivity contribution in [2.75, 3.05) is 6.61 Å². The Kier molecular flexibility index (Phi) is 4.88. The van der Waals surface area contributed by atoms with Gasteiger partial charge in [0.05, 0.1) is 6.04 Å². The number of pyridine rings is 1. The van der Waals surface area contributed by atoms with Crippen molar-refractivity contribution in [2.45, 2.75) is 13.0 Å². The average Bonchev–Trinajstić information content (AvgIpc) is 2.46. The van der Waals surface area contributed by atoms with Crippen LogP contribution in [0, 0.1) is 11.6 Å². The smallest absolute Gasteiger partial charge is 0.260 e. The number of ether oxygens (including phenoxy) is 1. The molecule has 0 aliphatic carbocycles. The predicted octanol–water partition coefficient (Wildman–Crippen LogP) is 1.85. The lowest BCUT2D eigenvalue weighted by molar-refractivity contribution is 0.0924. The fraction of sp³-hybridized carbons (Fsp3) is 0.200. The standard InChI is InChI=1S/C15H14F2N2O3/c1-9(8-22-13-5-4-10(16)7-12(13)17)19-15(21)11-3-2-6-18-14(11)20/h2-7,9H,8H2,1H3,(H,18,20)(H,19,21)/t9-/m0/s1. The molecule has 0 saturated carbocycles. The van der Waals surface area contributed by atoms with Crippen LogP contribution in [0.2, 0.25) is 0 Å². The second-order valence-corrected chi connectivity index (χ2v) is 4.67. The van der Waals surface area contributed by atoms with Crippen molar-refractivity contribution >= 4 is 5.91 Å². The minimum absolute atomic E-state index is 0.0256. The van der Waals surface area contributed by atoms with Crippen LogP contribution in [0.3, 0.4) is 0 Å². The van der Waals surface area contributed by atoms with Crippen molar-refractivity contribution in [3.05, 3.63) is 64.1 Å². The van der Waals surface area contributed by atoms with Gasteiger partial charge in [-0.15, -0.1) is 0 Å². The van der Waals surface area contributed by atoms with E-state index in [1.54, 1.807) is 6.92 Å². The molecule has 0 radical (unpaired) electrons. The summed E-state index contributed by atoms with van der Waals surface area (Å²) < 4.78 is 31.3. The molecule has 1 aromatic carbocycles. The molecule has 7 heteroatoms. The highest BCUT2D eigenvalue weighted by molar-refractivity contribution is 5.93. The number of nitrogens with one attached hydrogen (secondary N) is 2. The van der Waals surface area contributed by atoms with E-state index in [0.29, 0.717) is 6.07 Å². The van der Waals surface area contributed by atoms with E-state index in [4.69, 9.17) is 4.74 Å². The van der Waals surface area contributed by atoms with Gasteiger partial charge in [0, 0.05) is 12.3 Å². The normalized spacial score (nSPS) is 11.8. The Morgan fingerprint density at radius 2 is 2.14 bits per heavy atom. The van der Waals surface area contributed by atoms with Crippen molar-refractivity contribution < 1.29 is 18.3 Å². The Morgan fingerprint density at radius 1 is 1.36 bits per heavy atom. The fourth-order valence-corrected chi connectivity index (χ4v) is 1.75. The topological polar surface area (TPSA) is 71.2 Å². The molecule has 2 N–H and O–H groups in total. The van der Waals surface area contributed by atoms with Crippen LogP contribution >= 0.6 is 0 Å². The van der Waals surface area contributed by atoms with Gasteiger partial charge in [0.15, 0.2) is 11.6 Å². The average molecular weight is 308 g/mol. The minimum atomic E-state index is -0.821. The first kappa shape index (κ1) is 15.7. The van der Waals surface area contributed by atoms with Crippen molar-refractivity contribution in [2.24, 2.45) is 0 Å². The van der Waals surface area contributed by atoms with Gasteiger partial charge in [-0.2, -0.15) is 0 Å². The molecule has 2 aromatic rings. The van der Waals surface area contributed by atoms with Gasteiger partial charge >= 0.3 is 0 Å². The highest BCUT2D eigenvalue weighted by Gasteiger charge is 2.14. The van der Waals surface area contributed by atoms with E-state index < -0.39 is 29.1 Å². The number of aromatic amines is 1. The molecule has 0 unspecified atom stereocenters. The summed E-state index contributed by atoms with van der Waals surface area (Å²) in [5.74, 6) is -2.19. The Balaban J connectivity index is 1.93. The van der Waals surface area contributed by atoms with E-state index in [1.165, 1.54) is 24.4 Å². The number of hydrogen-bond acceptors (Lipinski definition) is 3. The zero-order valence-corrected chi connectivity index (χ0v) is 11.7. The highest BCUT2D eigenvalue weighted by atomic mass is 19.1. The zero-order chi connectivity index (χ0) is 16.1. The first-order chi connectivity index (χ1) is 10.5. The second kappa shape index (κ2) is 6.84. The molecule has 5 nitrogen and oxygen atoms in total. The lowest BCUT2D eigenvalue weighted by Crippen LogP contribution is -2.39. The van der Waals surface area contributed by atoms with E-state index in [9.17, 15) is 18.4 Å². The van der Waals surface area contributed by atoms with Gasteiger partial charge in [-0.05, 0) is 31.2 Å². The third-order valence-electron chi connectivity index (χ3n) is 2.82. The van der Waals surface area contributed by atoms with Crippen molar-refractivity contribution in [3.8, 4) is 5.75 Å². The number of halogens is 2. The minimum Gasteiger partial charge on any atom is -0.488 e. The number of carbonyl (C=O) groups excluding carboxylic acids is 1. The first-order valence-electron chi connectivity index (χ1n) is 6.54. The molecule has 1 atom stereocenters. The lowest BCUT2D eigenvalue weighted by atomic mass is 10.2. The van der Waals surface area contributed by atoms with Gasteiger partial charge < -0.3 is 15.0 Å². The van der Waals surface area contributed by atoms with Crippen LogP contribution in [0.1, 0.15) is 17.3 Å². The molecule has 0 spiro atoms. The second-order valence-electron chi connectivity index (χ2n) is 4.67. The van der Waals surface area contributed by atoms with Crippen LogP contribution in [0.5, 0.6) is 5.75 Å². The summed E-state index contributed by atoms with van der Waals surface area (Å²) in [5.41, 5.74) is -0.528. The summed E-state index contributed by atoms with van der Waals surface area (Å²) >= 11 is 0. The fourth-order valence-electron chi connectivity index (χ4n) is 1.75. The Hall–Kier alpha value is -2.70. The largest absolute Gasteiger partial charge is 0.488 e. The molecular weight excluding hydrogens is 294 g/mol. The van der Waals surface area contributed by atoms with E-state index >= 15 is 0 Å². The number of benzene rings is 1. The molecule has 1 aromatic heterocycles. The molecule has 22 heavy (non-hydrogen) atoms. The van der Waals surface area contributed by atoms with Gasteiger partial charge in [-0.25, -0.2) is 8.78 Å². The number of amides is 1. The third-order valence-corrected chi connectivity index (χ3v) is 2.82. The summed E-state index contributed by atoms with van der Waals surface area (Å²) in [6, 6.07) is 5.40. The van der Waals surface area contributed by atoms with Crippen LogP contribution in [0.25, 0.3) is 0 Å². The van der Waals surface area contributed by atoms with Gasteiger partial charge in [-0.1, -0.05) is 0 Å². The molecule has 2 rings (SSSR count). The van der Waals surface area contributed by atoms with Crippen molar-refractivity contribution in [1.29, 1.82) is 0 Å². The molecule has 0 bridgehead atoms. The molecule has 0 saturated heterocycles. The van der Waals surface area contributed by atoms with Gasteiger partial charge in [0.25, 0.3) is 11.5 Å². The van der Waals surface area contributed by atoms with Crippen molar-refractivity contribution in [1.82, 2.24) is 10.3 Å². The molecule has 0 fully saturated rings. The molecule has 1 amide bonds. The summed E-state index contributed by atoms with van der Waals surface area (Å²) in [4.78, 5) is 25.7. The monoisotopic (exact) mass is 308 g/mol. The maximum Gasteiger partial charge on any atom is 0.260 e. The first-order valence-corrected chi connectivity index (χ1v) is 6.54. The van der Waals surface area contributed by atoms with E-state index in [-0.39, 0.29) is 17.9 Å². The number of carbonyl (C=O) groups is 1. The summed E-state index contributed by atoms with van der Waals surface area (Å²) in [6.07, 6.45) is 1.42. The summed E-state index contributed by atoms with van der Waals surface area (Å²) in [6.45, 7) is 1.61. The van der Waals surface area contributed by atoms with E-state index in [1.807, 2.05) is 0 Å². The molecule has 116 valence electrons. The van der Waals surface area contributed by atoms with Crippen LogP contribution in [0.4, 0.5) is 8.78 Å². The molecule has 0 aliphatic rings. The Labute approximate surface area is 124 Å². The van der Waals surface area contributed by atoms with E-state index in [2.05, 4.69) is 10.3 Å². The van der Waals surface area contributed by atoms with Crippen LogP contribution in [0.15, 0.2) is 41.3 Å². The number of hydrogen-bond donors (Lipinski definition) is 2. The zero-order valence-electron chi connectivity index (χ0n) is 11.7. The predicted molar refractivity (Wildman–Crippen MR) is 75.8 cm³/mol. The maximum atomic E-state index is 13.4. The van der Waals surface area contributed by atoms with Crippen LogP contribution < -0.4 is 15.6 Å². The van der Waals surface area contributed by atoms with Gasteiger partial charge in [0.2, 0.25) is 0 Å². The quantitative estimate of drug-likeness (QED) is 0.885. The maximum absolute atomic E-state index is 13.4. The van der Waals surface area contributed by atoms with Crippen LogP contribution in [-0.4, -0.2) is 23.5 Å². The lowest BCUT2D eigenvalue weighted by Gasteiger charge is -2.15. The highest BCUT2D eigenvalue weighted by Crippen LogP contribution is 2.17. The number of H-pyrrole nitrogens is 1. The van der Waals surface area contributed by atoms with Gasteiger partial charge in [-0.3, -0.25) is 9.59 Å². The summed E-state index contributed by atoms with van der Waals surface area (Å²) in [7, 11) is 0. The Bertz CT molecular complexity index is 731. The number of rotatable bonds is 5. The van der Waals surface area contributed by atoms with Crippen LogP contribution in [-0.2, 0) is 0 Å². The molecule has 1 heterocycles. The SMILES string of the molecule is C[C@@H](COc1ccc(F)cc1F)NC(=O)c1ccc[nH]c1=O. The molecule has 0 aliphatic heterocycles. The van der Waals surface area contributed by atoms with Gasteiger partial charge in [0.1, 0.15) is 18.0 Å². The summed E-state index contributed by atoms with van der Waals surface area (Å²) in [5, 5.41) is 2.56. The van der Waals surface area contributed by atoms with E-state index in [0.717, 1.165) is 6.07 Å². The third kappa shape index (κ3) is 3.91. The van der Waals surface area contributed by atoms with Crippen molar-refractivity contribution in [3.63, 3.8) is 0 Å². The number of aromatic nitrogens is 1. The Morgan fingerprint density at radius 3 is 2.82 bits per heavy atom.